The van der Waals surface area contributed by atoms with Crippen LogP contribution >= 0.6 is 0 Å². The first-order chi connectivity index (χ1) is 7.56. The summed E-state index contributed by atoms with van der Waals surface area (Å²) < 4.78 is 0. The fourth-order valence-electron chi connectivity index (χ4n) is 1.76. The van der Waals surface area contributed by atoms with E-state index >= 15 is 0 Å². The third kappa shape index (κ3) is 2.97. The van der Waals surface area contributed by atoms with Crippen LogP contribution in [0.1, 0.15) is 24.8 Å². The van der Waals surface area contributed by atoms with Crippen molar-refractivity contribution in [3.8, 4) is 5.75 Å². The van der Waals surface area contributed by atoms with E-state index in [1.54, 1.807) is 18.2 Å². The molecule has 0 radical (unpaired) electrons. The number of phenols is 1. The summed E-state index contributed by atoms with van der Waals surface area (Å²) in [5.74, 6) is -1.26. The van der Waals surface area contributed by atoms with Gasteiger partial charge in [0.2, 0.25) is 0 Å². The molecule has 0 fully saturated rings. The van der Waals surface area contributed by atoms with Crippen LogP contribution < -0.4 is 5.73 Å². The van der Waals surface area contributed by atoms with E-state index in [-0.39, 0.29) is 18.2 Å². The molecule has 0 amide bonds. The monoisotopic (exact) mass is 223 g/mol. The third-order valence-electron chi connectivity index (χ3n) is 2.74. The van der Waals surface area contributed by atoms with Crippen LogP contribution in [0.4, 0.5) is 0 Å². The number of para-hydroxylation sites is 1. The first-order valence-electron chi connectivity index (χ1n) is 5.27. The van der Waals surface area contributed by atoms with E-state index in [0.29, 0.717) is 6.42 Å². The molecule has 1 aromatic rings. The minimum Gasteiger partial charge on any atom is -0.508 e. The number of carbonyl (C=O) groups is 1. The van der Waals surface area contributed by atoms with E-state index in [0.717, 1.165) is 5.56 Å². The van der Waals surface area contributed by atoms with E-state index in [2.05, 4.69) is 0 Å². The number of aliphatic carboxylic acids is 1. The van der Waals surface area contributed by atoms with Gasteiger partial charge in [-0.1, -0.05) is 25.1 Å². The molecule has 0 spiro atoms. The summed E-state index contributed by atoms with van der Waals surface area (Å²) in [4.78, 5) is 10.8. The van der Waals surface area contributed by atoms with Crippen LogP contribution in [0.3, 0.4) is 0 Å². The Bertz CT molecular complexity index is 365. The largest absolute Gasteiger partial charge is 0.508 e. The zero-order valence-corrected chi connectivity index (χ0v) is 9.26. The van der Waals surface area contributed by atoms with Crippen LogP contribution in [0.5, 0.6) is 5.75 Å². The molecule has 0 aliphatic heterocycles. The summed E-state index contributed by atoms with van der Waals surface area (Å²) in [7, 11) is 0. The lowest BCUT2D eigenvalue weighted by Crippen LogP contribution is -2.24. The molecule has 0 aliphatic carbocycles. The quantitative estimate of drug-likeness (QED) is 0.707. The molecule has 16 heavy (non-hydrogen) atoms. The topological polar surface area (TPSA) is 83.6 Å². The van der Waals surface area contributed by atoms with Crippen molar-refractivity contribution in [1.82, 2.24) is 0 Å². The molecule has 0 aliphatic rings. The molecule has 4 N–H and O–H groups in total. The average Bonchev–Trinajstić information content (AvgIpc) is 2.25. The molecule has 0 bridgehead atoms. The van der Waals surface area contributed by atoms with Crippen molar-refractivity contribution in [1.29, 1.82) is 0 Å². The van der Waals surface area contributed by atoms with Gasteiger partial charge in [-0.25, -0.2) is 0 Å². The lowest BCUT2D eigenvalue weighted by Gasteiger charge is -2.17. The standard InChI is InChI=1S/C12H17NO3/c1-8(6-9(7-13)12(15)16)10-4-2-3-5-11(10)14/h2-5,8-9,14H,6-7,13H2,1H3,(H,15,16). The third-order valence-corrected chi connectivity index (χ3v) is 2.74. The molecule has 4 heteroatoms. The van der Waals surface area contributed by atoms with Gasteiger partial charge >= 0.3 is 5.97 Å². The van der Waals surface area contributed by atoms with Crippen molar-refractivity contribution < 1.29 is 15.0 Å². The predicted molar refractivity (Wildman–Crippen MR) is 61.3 cm³/mol. The molecule has 0 saturated heterocycles. The number of aromatic hydroxyl groups is 1. The minimum absolute atomic E-state index is 0.0224. The Morgan fingerprint density at radius 1 is 1.44 bits per heavy atom. The van der Waals surface area contributed by atoms with Crippen molar-refractivity contribution in [2.45, 2.75) is 19.3 Å². The number of benzene rings is 1. The van der Waals surface area contributed by atoms with Gasteiger partial charge in [0.15, 0.2) is 0 Å². The Morgan fingerprint density at radius 2 is 2.06 bits per heavy atom. The Morgan fingerprint density at radius 3 is 2.56 bits per heavy atom. The maximum atomic E-state index is 10.8. The van der Waals surface area contributed by atoms with Crippen LogP contribution in [0, 0.1) is 5.92 Å². The highest BCUT2D eigenvalue weighted by molar-refractivity contribution is 5.70. The van der Waals surface area contributed by atoms with Crippen LogP contribution in [-0.4, -0.2) is 22.7 Å². The second kappa shape index (κ2) is 5.51. The highest BCUT2D eigenvalue weighted by Crippen LogP contribution is 2.29. The molecule has 0 saturated carbocycles. The molecule has 0 aromatic heterocycles. The van der Waals surface area contributed by atoms with Crippen LogP contribution in [-0.2, 0) is 4.79 Å². The van der Waals surface area contributed by atoms with Crippen molar-refractivity contribution in [2.75, 3.05) is 6.54 Å². The molecular weight excluding hydrogens is 206 g/mol. The maximum Gasteiger partial charge on any atom is 0.307 e. The highest BCUT2D eigenvalue weighted by atomic mass is 16.4. The van der Waals surface area contributed by atoms with Crippen LogP contribution in [0.25, 0.3) is 0 Å². The first kappa shape index (κ1) is 12.5. The Kier molecular flexibility index (Phi) is 4.31. The van der Waals surface area contributed by atoms with Crippen molar-refractivity contribution in [3.05, 3.63) is 29.8 Å². The SMILES string of the molecule is CC(CC(CN)C(=O)O)c1ccccc1O. The molecular formula is C12H17NO3. The Hall–Kier alpha value is -1.55. The van der Waals surface area contributed by atoms with Gasteiger partial charge < -0.3 is 15.9 Å². The van der Waals surface area contributed by atoms with Crippen LogP contribution in [0.2, 0.25) is 0 Å². The van der Waals surface area contributed by atoms with Gasteiger partial charge in [-0.05, 0) is 24.0 Å². The summed E-state index contributed by atoms with van der Waals surface area (Å²) in [5, 5.41) is 18.5. The highest BCUT2D eigenvalue weighted by Gasteiger charge is 2.20. The van der Waals surface area contributed by atoms with Gasteiger partial charge in [-0.15, -0.1) is 0 Å². The van der Waals surface area contributed by atoms with Gasteiger partial charge in [-0.2, -0.15) is 0 Å². The summed E-state index contributed by atoms with van der Waals surface area (Å²) in [6.07, 6.45) is 0.434. The fourth-order valence-corrected chi connectivity index (χ4v) is 1.76. The summed E-state index contributed by atoms with van der Waals surface area (Å²) in [5.41, 5.74) is 6.16. The maximum absolute atomic E-state index is 10.8. The summed E-state index contributed by atoms with van der Waals surface area (Å²) >= 11 is 0. The number of hydrogen-bond acceptors (Lipinski definition) is 3. The molecule has 1 rings (SSSR count). The van der Waals surface area contributed by atoms with Gasteiger partial charge in [0.05, 0.1) is 5.92 Å². The lowest BCUT2D eigenvalue weighted by molar-refractivity contribution is -0.141. The van der Waals surface area contributed by atoms with Gasteiger partial charge in [0.25, 0.3) is 0 Å². The number of rotatable bonds is 5. The van der Waals surface area contributed by atoms with E-state index in [4.69, 9.17) is 10.8 Å². The van der Waals surface area contributed by atoms with Gasteiger partial charge in [-0.3, -0.25) is 4.79 Å². The minimum atomic E-state index is -0.884. The first-order valence-corrected chi connectivity index (χ1v) is 5.27. The zero-order valence-electron chi connectivity index (χ0n) is 9.26. The molecule has 4 nitrogen and oxygen atoms in total. The molecule has 1 aromatic carbocycles. The number of nitrogens with two attached hydrogens (primary N) is 1. The van der Waals surface area contributed by atoms with E-state index in [1.807, 2.05) is 13.0 Å². The molecule has 0 heterocycles. The average molecular weight is 223 g/mol. The number of carboxylic acid groups (broad SMARTS) is 1. The van der Waals surface area contributed by atoms with Crippen molar-refractivity contribution in [2.24, 2.45) is 11.7 Å². The second-order valence-electron chi connectivity index (χ2n) is 3.97. The number of phenolic OH excluding ortho intramolecular Hbond substituents is 1. The molecule has 88 valence electrons. The van der Waals surface area contributed by atoms with Crippen molar-refractivity contribution >= 4 is 5.97 Å². The van der Waals surface area contributed by atoms with E-state index in [1.165, 1.54) is 0 Å². The normalized spacial score (nSPS) is 14.4. The predicted octanol–water partition coefficient (Wildman–Crippen LogP) is 1.55. The van der Waals surface area contributed by atoms with Gasteiger partial charge in [0.1, 0.15) is 5.75 Å². The fraction of sp³-hybridized carbons (Fsp3) is 0.417. The van der Waals surface area contributed by atoms with Gasteiger partial charge in [0, 0.05) is 6.54 Å². The molecule has 2 atom stereocenters. The number of carboxylic acids is 1. The second-order valence-corrected chi connectivity index (χ2v) is 3.97. The molecule has 2 unspecified atom stereocenters. The Labute approximate surface area is 94.7 Å². The van der Waals surface area contributed by atoms with Crippen LogP contribution in [0.15, 0.2) is 24.3 Å². The zero-order chi connectivity index (χ0) is 12.1. The van der Waals surface area contributed by atoms with Crippen molar-refractivity contribution in [3.63, 3.8) is 0 Å². The van der Waals surface area contributed by atoms with E-state index in [9.17, 15) is 9.90 Å². The summed E-state index contributed by atoms with van der Waals surface area (Å²) in [6.45, 7) is 2.01. The smallest absolute Gasteiger partial charge is 0.307 e. The Balaban J connectivity index is 2.75. The van der Waals surface area contributed by atoms with E-state index < -0.39 is 11.9 Å². The lowest BCUT2D eigenvalue weighted by atomic mass is 9.90. The summed E-state index contributed by atoms with van der Waals surface area (Å²) in [6, 6.07) is 6.96. The number of hydrogen-bond donors (Lipinski definition) is 3.